The zero-order chi connectivity index (χ0) is 61.8. The number of carboxylic acids is 1. The Hall–Kier alpha value is -9.83. The van der Waals surface area contributed by atoms with Crippen LogP contribution >= 0.6 is 11.5 Å². The van der Waals surface area contributed by atoms with Crippen LogP contribution in [0.4, 0.5) is 54.8 Å². The van der Waals surface area contributed by atoms with Crippen LogP contribution in [0, 0.1) is 23.6 Å². The van der Waals surface area contributed by atoms with E-state index in [2.05, 4.69) is 68.8 Å². The number of fused-ring (bicyclic) bond motifs is 2. The Morgan fingerprint density at radius 3 is 1.98 bits per heavy atom. The number of alkyl halides is 4. The fraction of sp³-hybridized carbons (Fsp3) is 0.277. The minimum absolute atomic E-state index is 0.0913. The SMILES string of the molecule is C#CCN1C(=O)COc2cc(F)c(N=c3snc4n3CC(C)(C)C4)cc21.COc1cc(OC)nc(NC(=O)NS(=O)(=O)c2ncccc2C(=O)N(C)C)n1.O=C(Nc1nc(OC(F)F)cc(OC(F)F)n1)NS(=O)(=O)c1ccccc1C(=O)O. The van der Waals surface area contributed by atoms with Crippen molar-refractivity contribution in [2.24, 2.45) is 10.4 Å². The highest BCUT2D eigenvalue weighted by atomic mass is 32.2. The van der Waals surface area contributed by atoms with Crippen LogP contribution < -0.4 is 53.5 Å². The van der Waals surface area contributed by atoms with Gasteiger partial charge in [0.05, 0.1) is 49.7 Å². The molecule has 0 saturated carbocycles. The number of terminal acetylenes is 1. The Morgan fingerprint density at radius 1 is 0.857 bits per heavy atom. The minimum atomic E-state index is -4.71. The Morgan fingerprint density at radius 2 is 1.42 bits per heavy atom. The van der Waals surface area contributed by atoms with E-state index in [9.17, 15) is 62.8 Å². The van der Waals surface area contributed by atoms with Crippen LogP contribution in [-0.4, -0.2) is 145 Å². The Labute approximate surface area is 476 Å². The normalized spacial score (nSPS) is 13.3. The van der Waals surface area contributed by atoms with E-state index < -0.39 is 96.2 Å². The van der Waals surface area contributed by atoms with Crippen molar-refractivity contribution in [1.29, 1.82) is 0 Å². The van der Waals surface area contributed by atoms with E-state index in [-0.39, 0.29) is 53.4 Å². The van der Waals surface area contributed by atoms with Crippen LogP contribution in [0.1, 0.15) is 40.4 Å². The second-order valence-electron chi connectivity index (χ2n) is 17.5. The van der Waals surface area contributed by atoms with Crippen LogP contribution in [0.3, 0.4) is 0 Å². The molecule has 0 fully saturated rings. The molecule has 2 aromatic carbocycles. The van der Waals surface area contributed by atoms with Crippen molar-refractivity contribution in [3.8, 4) is 41.6 Å². The summed E-state index contributed by atoms with van der Waals surface area (Å²) in [6.07, 6.45) is 7.41. The van der Waals surface area contributed by atoms with Crippen molar-refractivity contribution < 1.29 is 91.6 Å². The van der Waals surface area contributed by atoms with Crippen molar-refractivity contribution in [3.05, 3.63) is 94.4 Å². The average molecular weight is 1240 g/mol. The van der Waals surface area contributed by atoms with Crippen molar-refractivity contribution >= 4 is 84.7 Å². The summed E-state index contributed by atoms with van der Waals surface area (Å²) in [6.45, 7) is -1.76. The third kappa shape index (κ3) is 16.4. The van der Waals surface area contributed by atoms with Gasteiger partial charge in [0.15, 0.2) is 17.5 Å². The van der Waals surface area contributed by atoms with Crippen LogP contribution in [0.2, 0.25) is 0 Å². The van der Waals surface area contributed by atoms with Gasteiger partial charge in [-0.3, -0.25) is 25.1 Å². The summed E-state index contributed by atoms with van der Waals surface area (Å²) in [5, 5.41) is 12.3. The molecule has 6 heterocycles. The molecule has 84 heavy (non-hydrogen) atoms. The maximum atomic E-state index is 14.5. The number of benzene rings is 2. The van der Waals surface area contributed by atoms with Gasteiger partial charge in [-0.15, -0.1) is 6.42 Å². The van der Waals surface area contributed by atoms with Crippen LogP contribution in [0.5, 0.6) is 29.3 Å². The first kappa shape index (κ1) is 63.4. The van der Waals surface area contributed by atoms with Gasteiger partial charge in [0, 0.05) is 50.9 Å². The molecule has 5 N–H and O–H groups in total. The highest BCUT2D eigenvalue weighted by molar-refractivity contribution is 7.90. The molecule has 0 saturated heterocycles. The molecule has 446 valence electrons. The number of hydrogen-bond donors (Lipinski definition) is 5. The van der Waals surface area contributed by atoms with Crippen molar-refractivity contribution in [2.45, 2.75) is 50.0 Å². The molecule has 0 aliphatic carbocycles. The number of nitrogens with zero attached hydrogens (tertiary/aromatic N) is 10. The van der Waals surface area contributed by atoms with Crippen LogP contribution in [-0.2, 0) is 37.8 Å². The number of methoxy groups -OCH3 is 2. The van der Waals surface area contributed by atoms with E-state index in [1.807, 2.05) is 4.57 Å². The van der Waals surface area contributed by atoms with Gasteiger partial charge >= 0.3 is 31.3 Å². The van der Waals surface area contributed by atoms with E-state index >= 15 is 0 Å². The molecule has 0 unspecified atom stereocenters. The molecule has 0 bridgehead atoms. The Balaban J connectivity index is 0.000000202. The highest BCUT2D eigenvalue weighted by Gasteiger charge is 2.32. The van der Waals surface area contributed by atoms with E-state index in [1.165, 1.54) is 103 Å². The number of ether oxygens (including phenoxy) is 5. The van der Waals surface area contributed by atoms with Crippen molar-refractivity contribution in [1.82, 2.24) is 48.2 Å². The molecular weight excluding hydrogens is 1190 g/mol. The molecule has 37 heteroatoms. The molecule has 8 rings (SSSR count). The topological polar surface area (TPSA) is 369 Å². The largest absolute Gasteiger partial charge is 0.481 e. The van der Waals surface area contributed by atoms with E-state index in [4.69, 9.17) is 25.7 Å². The first-order valence-corrected chi connectivity index (χ1v) is 27.0. The molecule has 2 aliphatic heterocycles. The summed E-state index contributed by atoms with van der Waals surface area (Å²) in [6, 6.07) is 8.88. The lowest BCUT2D eigenvalue weighted by Crippen LogP contribution is -2.39. The van der Waals surface area contributed by atoms with Gasteiger partial charge in [0.25, 0.3) is 31.9 Å². The number of halogens is 5. The molecule has 29 nitrogen and oxygen atoms in total. The maximum Gasteiger partial charge on any atom is 0.388 e. The predicted molar refractivity (Wildman–Crippen MR) is 281 cm³/mol. The average Bonchev–Trinajstić information content (AvgIpc) is 3.92. The van der Waals surface area contributed by atoms with Crippen molar-refractivity contribution in [2.75, 3.05) is 57.0 Å². The molecule has 0 atom stereocenters. The number of aromatic carboxylic acids is 1. The van der Waals surface area contributed by atoms with Gasteiger partial charge in [0.2, 0.25) is 40.2 Å². The fourth-order valence-corrected chi connectivity index (χ4v) is 10.1. The van der Waals surface area contributed by atoms with E-state index in [0.29, 0.717) is 22.3 Å². The van der Waals surface area contributed by atoms with Crippen LogP contribution in [0.15, 0.2) is 81.8 Å². The fourth-order valence-electron chi connectivity index (χ4n) is 7.17. The number of carboxylic acid groups (broad SMARTS) is 1. The molecule has 0 spiro atoms. The number of rotatable bonds is 16. The van der Waals surface area contributed by atoms with Crippen LogP contribution in [0.25, 0.3) is 0 Å². The summed E-state index contributed by atoms with van der Waals surface area (Å²) >= 11 is 1.24. The first-order chi connectivity index (χ1) is 39.5. The molecular formula is C47H45F5N14O15S3. The van der Waals surface area contributed by atoms with Gasteiger partial charge in [-0.1, -0.05) is 31.9 Å². The number of carbonyl (C=O) groups is 5. The van der Waals surface area contributed by atoms with E-state index in [1.54, 1.807) is 10.0 Å². The number of pyridine rings is 1. The second kappa shape index (κ2) is 26.8. The zero-order valence-corrected chi connectivity index (χ0v) is 46.6. The number of hydrogen-bond acceptors (Lipinski definition) is 22. The smallest absolute Gasteiger partial charge is 0.388 e. The number of urea groups is 2. The standard InChI is InChI=1S/C18H17FN4O2S.C15H18N6O6S.C14H10F4N4O7S/c1-4-5-22-13-7-12(11(19)6-14(13)25-9-16(22)24)20-17-23-10-18(2,3)8-15(23)21-26-17;1-21(2)13(22)9-6-5-7-16-12(9)28(24,25)20-15(23)19-14-17-10(26-3)8-11(18-14)27-4;15-11(16)28-8-5-9(29-12(17)18)20-13(19-8)21-14(25)22-30(26,27)7-4-2-1-3-6(7)10(23)24/h1,6-7H,5,8-10H2,2-3H3;5-8H,1-4H3,(H2,17,18,19,20,23);1-5,11-12H,(H,23,24)(H2,19,20,21,22,25). The number of sulfonamides is 2. The molecule has 6 amide bonds. The monoisotopic (exact) mass is 1240 g/mol. The summed E-state index contributed by atoms with van der Waals surface area (Å²) in [7, 11) is -3.56. The van der Waals surface area contributed by atoms with Gasteiger partial charge < -0.3 is 38.3 Å². The number of aromatic nitrogens is 7. The van der Waals surface area contributed by atoms with Gasteiger partial charge in [-0.25, -0.2) is 46.6 Å². The van der Waals surface area contributed by atoms with Gasteiger partial charge in [-0.2, -0.15) is 50.3 Å². The summed E-state index contributed by atoms with van der Waals surface area (Å²) in [5.41, 5.74) is -0.154. The lowest BCUT2D eigenvalue weighted by atomic mass is 9.92. The Kier molecular flexibility index (Phi) is 20.2. The zero-order valence-electron chi connectivity index (χ0n) is 44.2. The molecule has 4 aromatic heterocycles. The number of amides is 6. The summed E-state index contributed by atoms with van der Waals surface area (Å²) in [5.74, 6) is -2.19. The quantitative estimate of drug-likeness (QED) is 0.0668. The Bertz CT molecular complexity index is 3800. The molecule has 0 radical (unpaired) electrons. The number of nitrogens with one attached hydrogen (secondary N) is 4. The molecule has 6 aromatic rings. The number of carbonyl (C=O) groups excluding carboxylic acids is 4. The lowest BCUT2D eigenvalue weighted by Gasteiger charge is -2.28. The maximum absolute atomic E-state index is 14.5. The third-order valence-electron chi connectivity index (χ3n) is 10.6. The predicted octanol–water partition coefficient (Wildman–Crippen LogP) is 4.25. The first-order valence-electron chi connectivity index (χ1n) is 23.3. The molecule has 2 aliphatic rings. The van der Waals surface area contributed by atoms with E-state index in [0.717, 1.165) is 30.9 Å². The third-order valence-corrected chi connectivity index (χ3v) is 14.1. The van der Waals surface area contributed by atoms with Gasteiger partial charge in [0.1, 0.15) is 22.2 Å². The summed E-state index contributed by atoms with van der Waals surface area (Å²) in [4.78, 5) is 84.3. The highest BCUT2D eigenvalue weighted by Crippen LogP contribution is 2.38. The summed E-state index contributed by atoms with van der Waals surface area (Å²) < 4.78 is 146. The van der Waals surface area contributed by atoms with Crippen molar-refractivity contribution in [3.63, 3.8) is 0 Å². The minimum Gasteiger partial charge on any atom is -0.481 e. The second-order valence-corrected chi connectivity index (χ2v) is 21.5. The van der Waals surface area contributed by atoms with Gasteiger partial charge in [-0.05, 0) is 35.7 Å². The number of anilines is 3. The lowest BCUT2D eigenvalue weighted by molar-refractivity contribution is -0.121.